The van der Waals surface area contributed by atoms with Gasteiger partial charge in [-0.25, -0.2) is 14.2 Å². The van der Waals surface area contributed by atoms with Crippen molar-refractivity contribution in [2.45, 2.75) is 0 Å². The van der Waals surface area contributed by atoms with Gasteiger partial charge in [0.1, 0.15) is 17.4 Å². The van der Waals surface area contributed by atoms with E-state index in [-0.39, 0.29) is 12.1 Å². The number of anilines is 1. The van der Waals surface area contributed by atoms with Crippen molar-refractivity contribution in [1.82, 2.24) is 5.43 Å². The van der Waals surface area contributed by atoms with Gasteiger partial charge in [-0.2, -0.15) is 5.10 Å². The molecule has 0 fully saturated rings. The number of carbonyl (C=O) groups excluding carboxylic acids is 1. The lowest BCUT2D eigenvalue weighted by Gasteiger charge is -2.09. The molecule has 0 bridgehead atoms. The zero-order valence-corrected chi connectivity index (χ0v) is 12.3. The van der Waals surface area contributed by atoms with Crippen LogP contribution in [0.25, 0.3) is 0 Å². The van der Waals surface area contributed by atoms with Gasteiger partial charge in [0.2, 0.25) is 0 Å². The number of nitrogens with zero attached hydrogens (tertiary/aromatic N) is 1. The maximum atomic E-state index is 13.4. The Hall–Kier alpha value is -2.96. The molecule has 0 aliphatic rings. The van der Waals surface area contributed by atoms with E-state index in [1.807, 2.05) is 6.07 Å². The van der Waals surface area contributed by atoms with Crippen LogP contribution in [0.15, 0.2) is 47.6 Å². The number of methoxy groups -OCH3 is 1. The van der Waals surface area contributed by atoms with Crippen LogP contribution in [0, 0.1) is 11.6 Å². The van der Waals surface area contributed by atoms with Crippen molar-refractivity contribution in [3.8, 4) is 5.75 Å². The zero-order valence-electron chi connectivity index (χ0n) is 12.3. The highest BCUT2D eigenvalue weighted by atomic mass is 19.1. The average Bonchev–Trinajstić information content (AvgIpc) is 2.55. The van der Waals surface area contributed by atoms with Gasteiger partial charge in [0.05, 0.1) is 25.6 Å². The van der Waals surface area contributed by atoms with E-state index in [9.17, 15) is 13.6 Å². The van der Waals surface area contributed by atoms with E-state index in [1.165, 1.54) is 13.2 Å². The first-order valence-corrected chi connectivity index (χ1v) is 6.74. The van der Waals surface area contributed by atoms with Gasteiger partial charge in [-0.1, -0.05) is 12.1 Å². The molecule has 23 heavy (non-hydrogen) atoms. The fraction of sp³-hybridized carbons (Fsp3) is 0.125. The molecule has 0 heterocycles. The Morgan fingerprint density at radius 3 is 2.78 bits per heavy atom. The molecule has 0 saturated heterocycles. The SMILES string of the molecule is COc1ccccc1NCC(=O)NN=Cc1ccc(F)cc1F. The lowest BCUT2D eigenvalue weighted by Crippen LogP contribution is -2.26. The second-order valence-electron chi connectivity index (χ2n) is 4.51. The minimum atomic E-state index is -0.754. The Kier molecular flexibility index (Phi) is 5.62. The normalized spacial score (nSPS) is 10.6. The Morgan fingerprint density at radius 2 is 2.04 bits per heavy atom. The number of para-hydroxylation sites is 2. The van der Waals surface area contributed by atoms with Gasteiger partial charge in [0, 0.05) is 11.6 Å². The molecular formula is C16H15F2N3O2. The Morgan fingerprint density at radius 1 is 1.26 bits per heavy atom. The molecule has 1 amide bonds. The first kappa shape index (κ1) is 16.4. The van der Waals surface area contributed by atoms with E-state index in [4.69, 9.17) is 4.74 Å². The number of hydrazone groups is 1. The molecule has 2 aromatic rings. The third kappa shape index (κ3) is 4.77. The Labute approximate surface area is 132 Å². The number of amides is 1. The lowest BCUT2D eigenvalue weighted by molar-refractivity contribution is -0.119. The van der Waals surface area contributed by atoms with Crippen LogP contribution < -0.4 is 15.5 Å². The molecular weight excluding hydrogens is 304 g/mol. The number of benzene rings is 2. The quantitative estimate of drug-likeness (QED) is 0.635. The summed E-state index contributed by atoms with van der Waals surface area (Å²) in [5.74, 6) is -1.24. The van der Waals surface area contributed by atoms with Gasteiger partial charge in [0.15, 0.2) is 0 Å². The van der Waals surface area contributed by atoms with Crippen molar-refractivity contribution in [3.05, 3.63) is 59.7 Å². The molecule has 0 unspecified atom stereocenters. The monoisotopic (exact) mass is 319 g/mol. The molecule has 120 valence electrons. The Bertz CT molecular complexity index is 720. The molecule has 2 aromatic carbocycles. The molecule has 0 radical (unpaired) electrons. The molecule has 7 heteroatoms. The van der Waals surface area contributed by atoms with Crippen molar-refractivity contribution in [2.75, 3.05) is 19.0 Å². The average molecular weight is 319 g/mol. The summed E-state index contributed by atoms with van der Waals surface area (Å²) in [4.78, 5) is 11.7. The summed E-state index contributed by atoms with van der Waals surface area (Å²) in [7, 11) is 1.53. The number of rotatable bonds is 6. The van der Waals surface area contributed by atoms with Crippen molar-refractivity contribution < 1.29 is 18.3 Å². The van der Waals surface area contributed by atoms with Crippen LogP contribution in [0.3, 0.4) is 0 Å². The first-order chi connectivity index (χ1) is 11.1. The number of ether oxygens (including phenoxy) is 1. The fourth-order valence-electron chi connectivity index (χ4n) is 1.79. The number of hydrogen-bond donors (Lipinski definition) is 2. The standard InChI is InChI=1S/C16H15F2N3O2/c1-23-15-5-3-2-4-14(15)19-10-16(22)21-20-9-11-6-7-12(17)8-13(11)18/h2-9,19H,10H2,1H3,(H,21,22). The van der Waals surface area contributed by atoms with Gasteiger partial charge >= 0.3 is 0 Å². The number of hydrogen-bond acceptors (Lipinski definition) is 4. The summed E-state index contributed by atoms with van der Waals surface area (Å²) < 4.78 is 31.2. The first-order valence-electron chi connectivity index (χ1n) is 6.74. The van der Waals surface area contributed by atoms with Crippen molar-refractivity contribution >= 4 is 17.8 Å². The fourth-order valence-corrected chi connectivity index (χ4v) is 1.79. The van der Waals surface area contributed by atoms with E-state index < -0.39 is 17.5 Å². The molecule has 0 aliphatic carbocycles. The largest absolute Gasteiger partial charge is 0.495 e. The minimum absolute atomic E-state index is 0.0381. The van der Waals surface area contributed by atoms with Crippen LogP contribution in [0.1, 0.15) is 5.56 Å². The van der Waals surface area contributed by atoms with E-state index >= 15 is 0 Å². The van der Waals surface area contributed by atoms with E-state index in [1.54, 1.807) is 18.2 Å². The van der Waals surface area contributed by atoms with Crippen LogP contribution in [0.2, 0.25) is 0 Å². The maximum Gasteiger partial charge on any atom is 0.259 e. The molecule has 0 saturated carbocycles. The number of nitrogens with one attached hydrogen (secondary N) is 2. The van der Waals surface area contributed by atoms with E-state index in [0.717, 1.165) is 18.3 Å². The molecule has 0 atom stereocenters. The second kappa shape index (κ2) is 7.88. The van der Waals surface area contributed by atoms with Crippen molar-refractivity contribution in [1.29, 1.82) is 0 Å². The Balaban J connectivity index is 1.86. The van der Waals surface area contributed by atoms with E-state index in [0.29, 0.717) is 11.4 Å². The molecule has 2 rings (SSSR count). The number of halogens is 2. The lowest BCUT2D eigenvalue weighted by atomic mass is 10.2. The third-order valence-corrected chi connectivity index (χ3v) is 2.90. The van der Waals surface area contributed by atoms with Gasteiger partial charge in [-0.3, -0.25) is 4.79 Å². The highest BCUT2D eigenvalue weighted by Gasteiger charge is 2.04. The molecule has 5 nitrogen and oxygen atoms in total. The molecule has 0 aromatic heterocycles. The highest BCUT2D eigenvalue weighted by Crippen LogP contribution is 2.22. The summed E-state index contributed by atoms with van der Waals surface area (Å²) in [6, 6.07) is 10.2. The summed E-state index contributed by atoms with van der Waals surface area (Å²) in [5, 5.41) is 6.53. The van der Waals surface area contributed by atoms with Crippen LogP contribution in [-0.4, -0.2) is 25.8 Å². The molecule has 0 aliphatic heterocycles. The molecule has 2 N–H and O–H groups in total. The summed E-state index contributed by atoms with van der Waals surface area (Å²) in [6.07, 6.45) is 1.11. The minimum Gasteiger partial charge on any atom is -0.495 e. The topological polar surface area (TPSA) is 62.7 Å². The van der Waals surface area contributed by atoms with Gasteiger partial charge in [-0.05, 0) is 24.3 Å². The van der Waals surface area contributed by atoms with Crippen LogP contribution >= 0.6 is 0 Å². The van der Waals surface area contributed by atoms with Crippen LogP contribution in [0.4, 0.5) is 14.5 Å². The number of carbonyl (C=O) groups is 1. The van der Waals surface area contributed by atoms with Crippen molar-refractivity contribution in [3.63, 3.8) is 0 Å². The molecule has 0 spiro atoms. The maximum absolute atomic E-state index is 13.4. The predicted molar refractivity (Wildman–Crippen MR) is 83.6 cm³/mol. The predicted octanol–water partition coefficient (Wildman–Crippen LogP) is 2.54. The van der Waals surface area contributed by atoms with Crippen molar-refractivity contribution in [2.24, 2.45) is 5.10 Å². The van der Waals surface area contributed by atoms with Crippen LogP contribution in [0.5, 0.6) is 5.75 Å². The second-order valence-corrected chi connectivity index (χ2v) is 4.51. The van der Waals surface area contributed by atoms with Gasteiger partial charge in [0.25, 0.3) is 5.91 Å². The summed E-state index contributed by atoms with van der Waals surface area (Å²) >= 11 is 0. The smallest absolute Gasteiger partial charge is 0.259 e. The third-order valence-electron chi connectivity index (χ3n) is 2.90. The van der Waals surface area contributed by atoms with E-state index in [2.05, 4.69) is 15.8 Å². The highest BCUT2D eigenvalue weighted by molar-refractivity contribution is 5.84. The van der Waals surface area contributed by atoms with Crippen LogP contribution in [-0.2, 0) is 4.79 Å². The zero-order chi connectivity index (χ0) is 16.7. The summed E-state index contributed by atoms with van der Waals surface area (Å²) in [6.45, 7) is -0.0381. The van der Waals surface area contributed by atoms with Gasteiger partial charge < -0.3 is 10.1 Å². The summed E-state index contributed by atoms with van der Waals surface area (Å²) in [5.41, 5.74) is 2.99. The van der Waals surface area contributed by atoms with Gasteiger partial charge in [-0.15, -0.1) is 0 Å².